The number of hydrogen-bond donors (Lipinski definition) is 0. The zero-order valence-electron chi connectivity index (χ0n) is 7.68. The fourth-order valence-corrected chi connectivity index (χ4v) is 1.03. The summed E-state index contributed by atoms with van der Waals surface area (Å²) in [7, 11) is 0. The third kappa shape index (κ3) is 5.87. The Hall–Kier alpha value is 0.276. The molecule has 1 rings (SSSR count). The smallest absolute Gasteiger partial charge is 1.00 e. The van der Waals surface area contributed by atoms with Crippen LogP contribution in [0.4, 0.5) is 0 Å². The van der Waals surface area contributed by atoms with Crippen molar-refractivity contribution in [2.24, 2.45) is 5.92 Å². The van der Waals surface area contributed by atoms with E-state index in [1.165, 1.54) is 12.0 Å². The van der Waals surface area contributed by atoms with Gasteiger partial charge in [0.25, 0.3) is 0 Å². The van der Waals surface area contributed by atoms with Crippen LogP contribution in [0.5, 0.6) is 0 Å². The van der Waals surface area contributed by atoms with E-state index >= 15 is 0 Å². The monoisotopic (exact) mass is 192 g/mol. The van der Waals surface area contributed by atoms with Crippen LogP contribution in [-0.4, -0.2) is 23.1 Å². The Morgan fingerprint density at radius 3 is 2.17 bits per heavy atom. The van der Waals surface area contributed by atoms with Crippen LogP contribution in [0, 0.1) is 12.0 Å². The second-order valence-electron chi connectivity index (χ2n) is 3.01. The van der Waals surface area contributed by atoms with E-state index in [0.29, 0.717) is 0 Å². The van der Waals surface area contributed by atoms with Gasteiger partial charge in [-0.15, -0.1) is 0 Å². The van der Waals surface area contributed by atoms with E-state index in [4.69, 9.17) is 0 Å². The van der Waals surface area contributed by atoms with Gasteiger partial charge >= 0.3 is 23.1 Å². The van der Waals surface area contributed by atoms with Crippen molar-refractivity contribution in [3.63, 3.8) is 0 Å². The van der Waals surface area contributed by atoms with Crippen molar-refractivity contribution in [3.05, 3.63) is 35.9 Å². The summed E-state index contributed by atoms with van der Waals surface area (Å²) >= 11 is 0. The topological polar surface area (TPSA) is 0 Å². The molecule has 0 aromatic heterocycles. The van der Waals surface area contributed by atoms with Gasteiger partial charge in [0.2, 0.25) is 0 Å². The van der Waals surface area contributed by atoms with Crippen LogP contribution < -0.4 is 12.4 Å². The quantitative estimate of drug-likeness (QED) is 0.430. The molecular formula is C10H13ClMg. The number of rotatable bonds is 2. The third-order valence-corrected chi connectivity index (χ3v) is 1.43. The predicted octanol–water partition coefficient (Wildman–Crippen LogP) is -0.692. The Balaban J connectivity index is 0. The summed E-state index contributed by atoms with van der Waals surface area (Å²) < 4.78 is 0. The Kier molecular flexibility index (Phi) is 9.73. The Labute approximate surface area is 97.3 Å². The van der Waals surface area contributed by atoms with Gasteiger partial charge in [-0.3, -0.25) is 0 Å². The fourth-order valence-electron chi connectivity index (χ4n) is 1.03. The number of benzene rings is 1. The van der Waals surface area contributed by atoms with Crippen molar-refractivity contribution in [1.82, 2.24) is 0 Å². The van der Waals surface area contributed by atoms with Crippen LogP contribution in [0.1, 0.15) is 19.4 Å². The molecule has 1 aromatic carbocycles. The summed E-state index contributed by atoms with van der Waals surface area (Å²) in [6.07, 6.45) is 1.18. The molecule has 0 amide bonds. The minimum Gasteiger partial charge on any atom is -1.00 e. The summed E-state index contributed by atoms with van der Waals surface area (Å²) in [5.74, 6) is 0.752. The number of halogens is 1. The van der Waals surface area contributed by atoms with Gasteiger partial charge in [-0.05, 0) is 12.3 Å². The average Bonchev–Trinajstić information content (AvgIpc) is 1.88. The zero-order valence-corrected chi connectivity index (χ0v) is 9.85. The molecule has 0 spiro atoms. The summed E-state index contributed by atoms with van der Waals surface area (Å²) in [6, 6.07) is 11.2. The molecule has 1 aromatic rings. The first kappa shape index (κ1) is 14.8. The molecule has 0 aliphatic rings. The normalized spacial score (nSPS) is 8.58. The van der Waals surface area contributed by atoms with Crippen molar-refractivity contribution in [2.75, 3.05) is 0 Å². The van der Waals surface area contributed by atoms with Crippen molar-refractivity contribution in [3.8, 4) is 0 Å². The maximum Gasteiger partial charge on any atom is 2.00 e. The summed E-state index contributed by atoms with van der Waals surface area (Å²) in [5, 5.41) is 0. The van der Waals surface area contributed by atoms with Crippen LogP contribution in [0.25, 0.3) is 0 Å². The van der Waals surface area contributed by atoms with Gasteiger partial charge in [-0.25, -0.2) is 0 Å². The fraction of sp³-hybridized carbons (Fsp3) is 0.400. The predicted molar refractivity (Wildman–Crippen MR) is 49.6 cm³/mol. The van der Waals surface area contributed by atoms with Crippen molar-refractivity contribution >= 4 is 23.1 Å². The van der Waals surface area contributed by atoms with Gasteiger partial charge in [0.05, 0.1) is 0 Å². The third-order valence-electron chi connectivity index (χ3n) is 1.43. The van der Waals surface area contributed by atoms with E-state index in [2.05, 4.69) is 32.0 Å². The van der Waals surface area contributed by atoms with E-state index < -0.39 is 0 Å². The maximum atomic E-state index is 3.01. The summed E-state index contributed by atoms with van der Waals surface area (Å²) in [5.41, 5.74) is 1.41. The van der Waals surface area contributed by atoms with Crippen molar-refractivity contribution < 1.29 is 12.4 Å². The number of hydrogen-bond acceptors (Lipinski definition) is 0. The van der Waals surface area contributed by atoms with Crippen LogP contribution in [0.15, 0.2) is 24.3 Å². The molecule has 0 nitrogen and oxygen atoms in total. The molecule has 0 fully saturated rings. The average molecular weight is 193 g/mol. The maximum absolute atomic E-state index is 3.01. The molecule has 12 heavy (non-hydrogen) atoms. The van der Waals surface area contributed by atoms with Crippen LogP contribution >= 0.6 is 0 Å². The molecule has 0 bridgehead atoms. The first-order chi connectivity index (χ1) is 4.79. The minimum absolute atomic E-state index is 0. The standard InChI is InChI=1S/C10H13.ClH.Mg/c1-9(2)8-10-6-4-3-5-7-10;;/h4-7,9H,8H2,1-2H3;1H;/q-1;;+2/p-1. The van der Waals surface area contributed by atoms with E-state index in [9.17, 15) is 0 Å². The van der Waals surface area contributed by atoms with E-state index in [-0.39, 0.29) is 35.5 Å². The van der Waals surface area contributed by atoms with E-state index in [1.54, 1.807) is 0 Å². The zero-order chi connectivity index (χ0) is 7.40. The van der Waals surface area contributed by atoms with Gasteiger partial charge in [0.15, 0.2) is 0 Å². The van der Waals surface area contributed by atoms with Gasteiger partial charge in [-0.1, -0.05) is 13.8 Å². The van der Waals surface area contributed by atoms with E-state index in [0.717, 1.165) is 5.92 Å². The molecule has 0 aliphatic heterocycles. The van der Waals surface area contributed by atoms with Crippen LogP contribution in [-0.2, 0) is 6.42 Å². The van der Waals surface area contributed by atoms with E-state index in [1.807, 2.05) is 12.1 Å². The molecule has 62 valence electrons. The summed E-state index contributed by atoms with van der Waals surface area (Å²) in [4.78, 5) is 0. The molecule has 0 unspecified atom stereocenters. The van der Waals surface area contributed by atoms with Gasteiger partial charge in [0, 0.05) is 0 Å². The molecule has 0 N–H and O–H groups in total. The first-order valence-corrected chi connectivity index (χ1v) is 3.74. The van der Waals surface area contributed by atoms with Crippen molar-refractivity contribution in [1.29, 1.82) is 0 Å². The Bertz CT molecular complexity index is 184. The van der Waals surface area contributed by atoms with Gasteiger partial charge in [-0.2, -0.15) is 35.9 Å². The molecule has 0 atom stereocenters. The van der Waals surface area contributed by atoms with Gasteiger partial charge in [0.1, 0.15) is 0 Å². The molecule has 0 saturated carbocycles. The summed E-state index contributed by atoms with van der Waals surface area (Å²) in [6.45, 7) is 4.47. The SMILES string of the molecule is CC(C)Cc1cc[c-]cc1.[Cl-].[Mg+2]. The molecule has 0 radical (unpaired) electrons. The molecule has 0 saturated heterocycles. The Morgan fingerprint density at radius 1 is 1.25 bits per heavy atom. The minimum atomic E-state index is 0. The van der Waals surface area contributed by atoms with Crippen LogP contribution in [0.3, 0.4) is 0 Å². The molecule has 0 aliphatic carbocycles. The first-order valence-electron chi connectivity index (χ1n) is 3.74. The van der Waals surface area contributed by atoms with Crippen LogP contribution in [0.2, 0.25) is 0 Å². The van der Waals surface area contributed by atoms with Crippen molar-refractivity contribution in [2.45, 2.75) is 20.3 Å². The molecular weight excluding hydrogens is 180 g/mol. The largest absolute Gasteiger partial charge is 2.00 e. The second kappa shape index (κ2) is 7.90. The van der Waals surface area contributed by atoms with Gasteiger partial charge < -0.3 is 12.4 Å². The Morgan fingerprint density at radius 2 is 1.75 bits per heavy atom. The molecule has 2 heteroatoms. The second-order valence-corrected chi connectivity index (χ2v) is 3.01. The molecule has 0 heterocycles.